The number of carbonyl (C=O) groups is 1. The second-order valence-electron chi connectivity index (χ2n) is 3.79. The molecule has 0 radical (unpaired) electrons. The number of nitrogens with zero attached hydrogens (tertiary/aromatic N) is 1. The second-order valence-corrected chi connectivity index (χ2v) is 5.51. The highest BCUT2D eigenvalue weighted by Crippen LogP contribution is 2.10. The molecule has 0 amide bonds. The zero-order valence-electron chi connectivity index (χ0n) is 9.63. The van der Waals surface area contributed by atoms with Crippen molar-refractivity contribution in [3.8, 4) is 0 Å². The molecule has 8 heteroatoms. The highest BCUT2D eigenvalue weighted by molar-refractivity contribution is 7.89. The molecule has 0 aromatic carbocycles. The smallest absolute Gasteiger partial charge is 0.303 e. The summed E-state index contributed by atoms with van der Waals surface area (Å²) in [6.45, 7) is 1.53. The van der Waals surface area contributed by atoms with Gasteiger partial charge in [0.2, 0.25) is 10.0 Å². The van der Waals surface area contributed by atoms with Crippen LogP contribution in [-0.2, 0) is 14.8 Å². The Hall–Kier alpha value is -1.54. The fourth-order valence-corrected chi connectivity index (χ4v) is 2.52. The summed E-state index contributed by atoms with van der Waals surface area (Å²) in [6, 6.07) is 0.286. The van der Waals surface area contributed by atoms with Gasteiger partial charge in [-0.2, -0.15) is 0 Å². The summed E-state index contributed by atoms with van der Waals surface area (Å²) < 4.78 is 38.7. The van der Waals surface area contributed by atoms with Gasteiger partial charge in [0, 0.05) is 18.7 Å². The molecule has 1 atom stereocenters. The van der Waals surface area contributed by atoms with Crippen LogP contribution in [0.2, 0.25) is 0 Å². The molecule has 0 saturated carbocycles. The van der Waals surface area contributed by atoms with Gasteiger partial charge in [0.1, 0.15) is 10.7 Å². The molecular formula is C10H13FN2O4S. The Balaban J connectivity index is 2.73. The third-order valence-electron chi connectivity index (χ3n) is 2.14. The molecule has 0 aliphatic carbocycles. The van der Waals surface area contributed by atoms with Crippen LogP contribution in [0, 0.1) is 5.82 Å². The second kappa shape index (κ2) is 5.87. The molecule has 6 nitrogen and oxygen atoms in total. The Morgan fingerprint density at radius 3 is 2.78 bits per heavy atom. The van der Waals surface area contributed by atoms with Crippen LogP contribution in [0.15, 0.2) is 23.4 Å². The number of carboxylic acids is 1. The van der Waals surface area contributed by atoms with Crippen molar-refractivity contribution in [3.05, 3.63) is 24.3 Å². The first-order valence-electron chi connectivity index (χ1n) is 5.16. The van der Waals surface area contributed by atoms with Crippen LogP contribution < -0.4 is 4.72 Å². The lowest BCUT2D eigenvalue weighted by atomic mass is 10.2. The molecule has 1 aromatic heterocycles. The van der Waals surface area contributed by atoms with Crippen LogP contribution in [0.25, 0.3) is 0 Å². The Morgan fingerprint density at radius 2 is 2.22 bits per heavy atom. The SMILES string of the molecule is CC(CCC(=O)O)NS(=O)(=O)c1cncc(F)c1. The van der Waals surface area contributed by atoms with E-state index in [0.717, 1.165) is 18.5 Å². The van der Waals surface area contributed by atoms with E-state index in [0.29, 0.717) is 0 Å². The summed E-state index contributed by atoms with van der Waals surface area (Å²) in [7, 11) is -3.88. The van der Waals surface area contributed by atoms with E-state index in [-0.39, 0.29) is 17.7 Å². The van der Waals surface area contributed by atoms with Gasteiger partial charge in [-0.25, -0.2) is 17.5 Å². The largest absolute Gasteiger partial charge is 0.481 e. The lowest BCUT2D eigenvalue weighted by molar-refractivity contribution is -0.137. The maximum absolute atomic E-state index is 12.9. The number of halogens is 1. The van der Waals surface area contributed by atoms with Crippen LogP contribution in [0.4, 0.5) is 4.39 Å². The standard InChI is InChI=1S/C10H13FN2O4S/c1-7(2-3-10(14)15)13-18(16,17)9-4-8(11)5-12-6-9/h4-7,13H,2-3H2,1H3,(H,14,15). The normalized spacial score (nSPS) is 13.2. The van der Waals surface area contributed by atoms with E-state index in [2.05, 4.69) is 9.71 Å². The van der Waals surface area contributed by atoms with Crippen LogP contribution >= 0.6 is 0 Å². The van der Waals surface area contributed by atoms with Crippen molar-refractivity contribution in [2.45, 2.75) is 30.7 Å². The maximum Gasteiger partial charge on any atom is 0.303 e. The minimum absolute atomic E-state index is 0.148. The van der Waals surface area contributed by atoms with Crippen LogP contribution in [0.1, 0.15) is 19.8 Å². The Labute approximate surface area is 104 Å². The minimum atomic E-state index is -3.88. The molecule has 1 unspecified atom stereocenters. The van der Waals surface area contributed by atoms with Crippen LogP contribution in [-0.4, -0.2) is 30.5 Å². The first-order chi connectivity index (χ1) is 8.31. The highest BCUT2D eigenvalue weighted by Gasteiger charge is 2.18. The summed E-state index contributed by atoms with van der Waals surface area (Å²) in [5.41, 5.74) is 0. The third kappa shape index (κ3) is 4.38. The topological polar surface area (TPSA) is 96.4 Å². The van der Waals surface area contributed by atoms with Crippen molar-refractivity contribution < 1.29 is 22.7 Å². The van der Waals surface area contributed by atoms with E-state index in [1.807, 2.05) is 0 Å². The Kier molecular flexibility index (Phi) is 4.74. The predicted octanol–water partition coefficient (Wildman–Crippen LogP) is 0.752. The summed E-state index contributed by atoms with van der Waals surface area (Å²) in [5.74, 6) is -1.76. The van der Waals surface area contributed by atoms with E-state index in [1.165, 1.54) is 6.92 Å². The van der Waals surface area contributed by atoms with Crippen molar-refractivity contribution in [1.29, 1.82) is 0 Å². The molecule has 0 aliphatic heterocycles. The van der Waals surface area contributed by atoms with Gasteiger partial charge < -0.3 is 5.11 Å². The van der Waals surface area contributed by atoms with Crippen molar-refractivity contribution in [3.63, 3.8) is 0 Å². The quantitative estimate of drug-likeness (QED) is 0.799. The number of pyridine rings is 1. The van der Waals surface area contributed by atoms with E-state index in [1.54, 1.807) is 0 Å². The number of carboxylic acid groups (broad SMARTS) is 1. The first-order valence-corrected chi connectivity index (χ1v) is 6.64. The molecule has 0 spiro atoms. The lowest BCUT2D eigenvalue weighted by Crippen LogP contribution is -2.33. The lowest BCUT2D eigenvalue weighted by Gasteiger charge is -2.12. The number of aliphatic carboxylic acids is 1. The number of aromatic nitrogens is 1. The van der Waals surface area contributed by atoms with Gasteiger partial charge in [-0.15, -0.1) is 0 Å². The van der Waals surface area contributed by atoms with Crippen molar-refractivity contribution in [2.24, 2.45) is 0 Å². The van der Waals surface area contributed by atoms with Gasteiger partial charge in [-0.05, 0) is 19.4 Å². The Morgan fingerprint density at radius 1 is 1.56 bits per heavy atom. The number of hydrogen-bond acceptors (Lipinski definition) is 4. The fraction of sp³-hybridized carbons (Fsp3) is 0.400. The summed E-state index contributed by atoms with van der Waals surface area (Å²) in [6.07, 6.45) is 1.92. The molecule has 0 saturated heterocycles. The number of nitrogens with one attached hydrogen (secondary N) is 1. The van der Waals surface area contributed by atoms with E-state index < -0.39 is 27.9 Å². The van der Waals surface area contributed by atoms with Gasteiger partial charge >= 0.3 is 5.97 Å². The molecule has 18 heavy (non-hydrogen) atoms. The zero-order chi connectivity index (χ0) is 13.8. The van der Waals surface area contributed by atoms with Crippen molar-refractivity contribution >= 4 is 16.0 Å². The van der Waals surface area contributed by atoms with E-state index in [9.17, 15) is 17.6 Å². The average Bonchev–Trinajstić information content (AvgIpc) is 2.26. The number of sulfonamides is 1. The molecule has 1 rings (SSSR count). The average molecular weight is 276 g/mol. The van der Waals surface area contributed by atoms with E-state index in [4.69, 9.17) is 5.11 Å². The predicted molar refractivity (Wildman–Crippen MR) is 60.8 cm³/mol. The summed E-state index contributed by atoms with van der Waals surface area (Å²) >= 11 is 0. The van der Waals surface area contributed by atoms with E-state index >= 15 is 0 Å². The zero-order valence-corrected chi connectivity index (χ0v) is 10.4. The Bertz CT molecular complexity index is 532. The molecule has 1 aromatic rings. The monoisotopic (exact) mass is 276 g/mol. The number of rotatable bonds is 6. The molecule has 0 bridgehead atoms. The molecule has 100 valence electrons. The summed E-state index contributed by atoms with van der Waals surface area (Å²) in [4.78, 5) is 13.5. The molecule has 2 N–H and O–H groups in total. The molecule has 0 aliphatic rings. The minimum Gasteiger partial charge on any atom is -0.481 e. The maximum atomic E-state index is 12.9. The highest BCUT2D eigenvalue weighted by atomic mass is 32.2. The number of hydrogen-bond donors (Lipinski definition) is 2. The summed E-state index contributed by atoms with van der Waals surface area (Å²) in [5, 5.41) is 8.48. The van der Waals surface area contributed by atoms with Crippen molar-refractivity contribution in [1.82, 2.24) is 9.71 Å². The molecular weight excluding hydrogens is 263 g/mol. The van der Waals surface area contributed by atoms with Crippen LogP contribution in [0.5, 0.6) is 0 Å². The third-order valence-corrected chi connectivity index (χ3v) is 3.69. The van der Waals surface area contributed by atoms with Gasteiger partial charge in [0.25, 0.3) is 0 Å². The van der Waals surface area contributed by atoms with Gasteiger partial charge in [-0.1, -0.05) is 0 Å². The van der Waals surface area contributed by atoms with Gasteiger partial charge in [0.15, 0.2) is 0 Å². The van der Waals surface area contributed by atoms with Crippen LogP contribution in [0.3, 0.4) is 0 Å². The van der Waals surface area contributed by atoms with Gasteiger partial charge in [0.05, 0.1) is 6.20 Å². The van der Waals surface area contributed by atoms with Gasteiger partial charge in [-0.3, -0.25) is 9.78 Å². The first kappa shape index (κ1) is 14.5. The molecule has 1 heterocycles. The fourth-order valence-electron chi connectivity index (χ4n) is 1.27. The van der Waals surface area contributed by atoms with Crippen molar-refractivity contribution in [2.75, 3.05) is 0 Å². The molecule has 0 fully saturated rings.